The molecule has 3 rings (SSSR count). The Hall–Kier alpha value is -1.35. The predicted octanol–water partition coefficient (Wildman–Crippen LogP) is 3.85. The Morgan fingerprint density at radius 1 is 1.19 bits per heavy atom. The van der Waals surface area contributed by atoms with Crippen LogP contribution in [0.4, 0.5) is 0 Å². The van der Waals surface area contributed by atoms with Crippen molar-refractivity contribution in [2.75, 3.05) is 13.1 Å². The van der Waals surface area contributed by atoms with Gasteiger partial charge in [-0.05, 0) is 74.4 Å². The van der Waals surface area contributed by atoms with Gasteiger partial charge in [0.1, 0.15) is 0 Å². The van der Waals surface area contributed by atoms with E-state index in [4.69, 9.17) is 5.11 Å². The molecule has 1 aromatic carbocycles. The summed E-state index contributed by atoms with van der Waals surface area (Å²) in [5.74, 6) is -0.842. The second kappa shape index (κ2) is 5.80. The zero-order valence-electron chi connectivity index (χ0n) is 12.9. The molecule has 3 nitrogen and oxygen atoms in total. The number of nitrogens with zero attached hydrogens (tertiary/aromatic N) is 1. The van der Waals surface area contributed by atoms with Crippen LogP contribution in [0.1, 0.15) is 60.0 Å². The van der Waals surface area contributed by atoms with Crippen LogP contribution in [0.5, 0.6) is 0 Å². The Labute approximate surface area is 127 Å². The first kappa shape index (κ1) is 14.6. The summed E-state index contributed by atoms with van der Waals surface area (Å²) >= 11 is 0. The van der Waals surface area contributed by atoms with Gasteiger partial charge in [-0.15, -0.1) is 0 Å². The van der Waals surface area contributed by atoms with E-state index in [1.165, 1.54) is 57.2 Å². The summed E-state index contributed by atoms with van der Waals surface area (Å²) in [6.07, 6.45) is 8.42. The molecular formula is C18H25NO2. The van der Waals surface area contributed by atoms with E-state index in [-0.39, 0.29) is 0 Å². The van der Waals surface area contributed by atoms with Gasteiger partial charge in [0.25, 0.3) is 0 Å². The van der Waals surface area contributed by atoms with Crippen molar-refractivity contribution in [2.24, 2.45) is 5.41 Å². The van der Waals surface area contributed by atoms with E-state index in [9.17, 15) is 4.79 Å². The Balaban J connectivity index is 1.61. The number of benzene rings is 1. The van der Waals surface area contributed by atoms with E-state index in [1.807, 2.05) is 13.0 Å². The molecule has 3 heteroatoms. The first-order valence-electron chi connectivity index (χ1n) is 8.13. The van der Waals surface area contributed by atoms with Crippen molar-refractivity contribution < 1.29 is 9.90 Å². The van der Waals surface area contributed by atoms with Crippen LogP contribution >= 0.6 is 0 Å². The highest BCUT2D eigenvalue weighted by atomic mass is 16.4. The maximum atomic E-state index is 11.0. The molecule has 1 aromatic rings. The SMILES string of the molecule is Cc1cc(C(=O)O)ccc1CN1CCC2(CCCC2)CC1. The first-order chi connectivity index (χ1) is 10.1. The van der Waals surface area contributed by atoms with Crippen LogP contribution in [-0.2, 0) is 6.54 Å². The van der Waals surface area contributed by atoms with Crippen molar-refractivity contribution in [3.8, 4) is 0 Å². The van der Waals surface area contributed by atoms with E-state index in [2.05, 4.69) is 4.90 Å². The minimum Gasteiger partial charge on any atom is -0.478 e. The normalized spacial score (nSPS) is 21.8. The third kappa shape index (κ3) is 3.13. The second-order valence-electron chi connectivity index (χ2n) is 6.93. The lowest BCUT2D eigenvalue weighted by Crippen LogP contribution is -2.38. The monoisotopic (exact) mass is 287 g/mol. The zero-order chi connectivity index (χ0) is 14.9. The van der Waals surface area contributed by atoms with E-state index in [0.29, 0.717) is 11.0 Å². The van der Waals surface area contributed by atoms with Crippen molar-refractivity contribution in [3.63, 3.8) is 0 Å². The maximum Gasteiger partial charge on any atom is 0.335 e. The summed E-state index contributed by atoms with van der Waals surface area (Å²) < 4.78 is 0. The molecule has 1 N–H and O–H groups in total. The largest absolute Gasteiger partial charge is 0.478 e. The Kier molecular flexibility index (Phi) is 4.03. The van der Waals surface area contributed by atoms with Gasteiger partial charge >= 0.3 is 5.97 Å². The van der Waals surface area contributed by atoms with Crippen LogP contribution in [0, 0.1) is 12.3 Å². The molecule has 1 aliphatic heterocycles. The number of carbonyl (C=O) groups is 1. The molecule has 2 fully saturated rings. The van der Waals surface area contributed by atoms with Gasteiger partial charge in [-0.1, -0.05) is 18.9 Å². The van der Waals surface area contributed by atoms with Crippen molar-refractivity contribution >= 4 is 5.97 Å². The molecule has 1 saturated carbocycles. The smallest absolute Gasteiger partial charge is 0.335 e. The number of aryl methyl sites for hydroxylation is 1. The average molecular weight is 287 g/mol. The summed E-state index contributed by atoms with van der Waals surface area (Å²) in [4.78, 5) is 13.5. The molecule has 0 atom stereocenters. The van der Waals surface area contributed by atoms with Crippen molar-refractivity contribution in [1.29, 1.82) is 0 Å². The van der Waals surface area contributed by atoms with Crippen LogP contribution in [0.2, 0.25) is 0 Å². The number of likely N-dealkylation sites (tertiary alicyclic amines) is 1. The third-order valence-corrected chi connectivity index (χ3v) is 5.56. The Morgan fingerprint density at radius 2 is 1.86 bits per heavy atom. The lowest BCUT2D eigenvalue weighted by molar-refractivity contribution is 0.0696. The van der Waals surface area contributed by atoms with Gasteiger partial charge in [0.2, 0.25) is 0 Å². The Bertz CT molecular complexity index is 522. The van der Waals surface area contributed by atoms with E-state index in [1.54, 1.807) is 12.1 Å². The van der Waals surface area contributed by atoms with Gasteiger partial charge in [-0.25, -0.2) is 4.79 Å². The molecule has 0 bridgehead atoms. The van der Waals surface area contributed by atoms with Gasteiger partial charge in [0, 0.05) is 6.54 Å². The minimum atomic E-state index is -0.842. The molecule has 0 amide bonds. The summed E-state index contributed by atoms with van der Waals surface area (Å²) in [7, 11) is 0. The van der Waals surface area contributed by atoms with Gasteiger partial charge in [-0.2, -0.15) is 0 Å². The van der Waals surface area contributed by atoms with Crippen LogP contribution in [0.15, 0.2) is 18.2 Å². The molecule has 114 valence electrons. The summed E-state index contributed by atoms with van der Waals surface area (Å²) in [5.41, 5.74) is 3.41. The highest BCUT2D eigenvalue weighted by molar-refractivity contribution is 5.87. The first-order valence-corrected chi connectivity index (χ1v) is 8.13. The summed E-state index contributed by atoms with van der Waals surface area (Å²) in [6.45, 7) is 5.37. The third-order valence-electron chi connectivity index (χ3n) is 5.56. The molecule has 0 unspecified atom stereocenters. The number of hydrogen-bond donors (Lipinski definition) is 1. The van der Waals surface area contributed by atoms with Crippen molar-refractivity contribution in [1.82, 2.24) is 4.90 Å². The highest BCUT2D eigenvalue weighted by Crippen LogP contribution is 2.46. The molecule has 1 heterocycles. The van der Waals surface area contributed by atoms with Crippen LogP contribution < -0.4 is 0 Å². The lowest BCUT2D eigenvalue weighted by Gasteiger charge is -2.39. The van der Waals surface area contributed by atoms with Crippen molar-refractivity contribution in [2.45, 2.75) is 52.0 Å². The molecule has 0 aromatic heterocycles. The average Bonchev–Trinajstić information content (AvgIpc) is 2.92. The topological polar surface area (TPSA) is 40.5 Å². The summed E-state index contributed by atoms with van der Waals surface area (Å²) in [5, 5.41) is 9.03. The minimum absolute atomic E-state index is 0.389. The number of piperidine rings is 1. The van der Waals surface area contributed by atoms with Gasteiger partial charge in [0.05, 0.1) is 5.56 Å². The lowest BCUT2D eigenvalue weighted by atomic mass is 9.77. The van der Waals surface area contributed by atoms with Gasteiger partial charge < -0.3 is 5.11 Å². The van der Waals surface area contributed by atoms with Crippen LogP contribution in [0.25, 0.3) is 0 Å². The summed E-state index contributed by atoms with van der Waals surface area (Å²) in [6, 6.07) is 5.51. The Morgan fingerprint density at radius 3 is 2.43 bits per heavy atom. The number of hydrogen-bond acceptors (Lipinski definition) is 2. The second-order valence-corrected chi connectivity index (χ2v) is 6.93. The fourth-order valence-electron chi connectivity index (χ4n) is 4.06. The standard InChI is InChI=1S/C18H25NO2/c1-14-12-15(17(20)21)4-5-16(14)13-19-10-8-18(9-11-19)6-2-3-7-18/h4-5,12H,2-3,6-11,13H2,1H3,(H,20,21). The zero-order valence-corrected chi connectivity index (χ0v) is 12.9. The number of rotatable bonds is 3. The van der Waals surface area contributed by atoms with Gasteiger partial charge in [-0.3, -0.25) is 4.90 Å². The highest BCUT2D eigenvalue weighted by Gasteiger charge is 2.36. The number of carboxylic acid groups (broad SMARTS) is 1. The van der Waals surface area contributed by atoms with Crippen molar-refractivity contribution in [3.05, 3.63) is 34.9 Å². The predicted molar refractivity (Wildman–Crippen MR) is 83.6 cm³/mol. The van der Waals surface area contributed by atoms with E-state index < -0.39 is 5.97 Å². The molecular weight excluding hydrogens is 262 g/mol. The number of carboxylic acids is 1. The molecule has 2 aliphatic rings. The van der Waals surface area contributed by atoms with E-state index in [0.717, 1.165) is 12.1 Å². The quantitative estimate of drug-likeness (QED) is 0.918. The van der Waals surface area contributed by atoms with Gasteiger partial charge in [0.15, 0.2) is 0 Å². The molecule has 1 aliphatic carbocycles. The fraction of sp³-hybridized carbons (Fsp3) is 0.611. The van der Waals surface area contributed by atoms with E-state index >= 15 is 0 Å². The fourth-order valence-corrected chi connectivity index (χ4v) is 4.06. The van der Waals surface area contributed by atoms with Crippen LogP contribution in [0.3, 0.4) is 0 Å². The number of aromatic carboxylic acids is 1. The molecule has 1 spiro atoms. The van der Waals surface area contributed by atoms with Crippen LogP contribution in [-0.4, -0.2) is 29.1 Å². The molecule has 0 radical (unpaired) electrons. The molecule has 21 heavy (non-hydrogen) atoms. The maximum absolute atomic E-state index is 11.0. The molecule has 1 saturated heterocycles.